The second kappa shape index (κ2) is 16.2. The molecule has 0 saturated carbocycles. The Morgan fingerprint density at radius 2 is 1.30 bits per heavy atom. The molecular weight excluding hydrogens is 318 g/mol. The van der Waals surface area contributed by atoms with E-state index in [1.165, 1.54) is 51.4 Å². The van der Waals surface area contributed by atoms with Gasteiger partial charge in [0.05, 0.1) is 6.61 Å². The van der Waals surface area contributed by atoms with Crippen molar-refractivity contribution in [3.63, 3.8) is 0 Å². The Balaban J connectivity index is 0. The van der Waals surface area contributed by atoms with Crippen LogP contribution < -0.4 is 6.15 Å². The number of aliphatic hydroxyl groups is 1. The van der Waals surface area contributed by atoms with E-state index in [1.54, 1.807) is 0 Å². The minimum atomic E-state index is -3.89. The summed E-state index contributed by atoms with van der Waals surface area (Å²) in [4.78, 5) is 11.3. The Hall–Kier alpha value is -0.660. The summed E-state index contributed by atoms with van der Waals surface area (Å²) in [6.07, 6.45) is 13.1. The van der Waals surface area contributed by atoms with Gasteiger partial charge in [-0.05, 0) is 6.42 Å². The van der Waals surface area contributed by atoms with Crippen molar-refractivity contribution in [1.82, 2.24) is 6.15 Å². The van der Waals surface area contributed by atoms with Gasteiger partial charge in [-0.25, -0.2) is 0 Å². The lowest BCUT2D eigenvalue weighted by Gasteiger charge is -2.04. The Labute approximate surface area is 141 Å². The number of unbranched alkanes of at least 4 members (excludes halogenated alkanes) is 10. The van der Waals surface area contributed by atoms with Gasteiger partial charge in [0.15, 0.2) is 0 Å². The highest BCUT2D eigenvalue weighted by Crippen LogP contribution is 2.12. The molecule has 7 heteroatoms. The molecule has 0 rings (SSSR count). The van der Waals surface area contributed by atoms with E-state index in [1.807, 2.05) is 0 Å². The van der Waals surface area contributed by atoms with Crippen LogP contribution in [0, 0.1) is 0 Å². The van der Waals surface area contributed by atoms with Crippen molar-refractivity contribution in [2.45, 2.75) is 84.0 Å². The summed E-state index contributed by atoms with van der Waals surface area (Å²) in [5.41, 5.74) is 0. The van der Waals surface area contributed by atoms with Crippen molar-refractivity contribution >= 4 is 16.1 Å². The fourth-order valence-electron chi connectivity index (χ4n) is 2.27. The lowest BCUT2D eigenvalue weighted by Crippen LogP contribution is -2.17. The molecule has 6 nitrogen and oxygen atoms in total. The second-order valence-electron chi connectivity index (χ2n) is 5.73. The van der Waals surface area contributed by atoms with Crippen LogP contribution in [0.4, 0.5) is 0 Å². The summed E-state index contributed by atoms with van der Waals surface area (Å²) < 4.78 is 26.6. The third-order valence-electron chi connectivity index (χ3n) is 3.55. The fraction of sp³-hybridized carbons (Fsp3) is 0.938. The van der Waals surface area contributed by atoms with Gasteiger partial charge in [-0.3, -0.25) is 4.79 Å². The Morgan fingerprint density at radius 3 is 1.74 bits per heavy atom. The van der Waals surface area contributed by atoms with Crippen LogP contribution >= 0.6 is 0 Å². The van der Waals surface area contributed by atoms with E-state index in [-0.39, 0.29) is 12.6 Å². The molecular formula is C16H35NO5S. The van der Waals surface area contributed by atoms with Crippen LogP contribution in [0.5, 0.6) is 0 Å². The van der Waals surface area contributed by atoms with Gasteiger partial charge in [0.2, 0.25) is 0 Å². The molecule has 0 aliphatic heterocycles. The van der Waals surface area contributed by atoms with E-state index >= 15 is 0 Å². The predicted molar refractivity (Wildman–Crippen MR) is 93.1 cm³/mol. The summed E-state index contributed by atoms with van der Waals surface area (Å²) in [5.74, 6) is -1.25. The molecule has 0 atom stereocenters. The monoisotopic (exact) mass is 353 g/mol. The van der Waals surface area contributed by atoms with Gasteiger partial charge in [0.1, 0.15) is 5.75 Å². The molecule has 0 bridgehead atoms. The molecule has 0 aliphatic carbocycles. The first-order chi connectivity index (χ1) is 10.5. The summed E-state index contributed by atoms with van der Waals surface area (Å²) in [7, 11) is -3.89. The SMILES string of the molecule is CCCCCCCCCCCCCC(=O)OS(=O)(=O)CCO.N. The standard InChI is InChI=1S/C16H32O5S.H3N/c1-2-3-4-5-6-7-8-9-10-11-12-13-16(18)21-22(19,20)15-14-17;/h17H,2-15H2,1H3;1H3. The van der Waals surface area contributed by atoms with Gasteiger partial charge >= 0.3 is 16.1 Å². The molecule has 0 spiro atoms. The van der Waals surface area contributed by atoms with Crippen molar-refractivity contribution in [1.29, 1.82) is 0 Å². The van der Waals surface area contributed by atoms with E-state index in [0.717, 1.165) is 12.8 Å². The zero-order valence-electron chi connectivity index (χ0n) is 14.6. The minimum absolute atomic E-state index is 0. The molecule has 0 radical (unpaired) electrons. The van der Waals surface area contributed by atoms with Crippen LogP contribution in [0.3, 0.4) is 0 Å². The average Bonchev–Trinajstić information content (AvgIpc) is 2.44. The Kier molecular flexibility index (Phi) is 17.3. The lowest BCUT2D eigenvalue weighted by molar-refractivity contribution is -0.133. The summed E-state index contributed by atoms with van der Waals surface area (Å²) in [5, 5.41) is 8.52. The van der Waals surface area contributed by atoms with Gasteiger partial charge in [-0.15, -0.1) is 0 Å². The van der Waals surface area contributed by atoms with Crippen molar-refractivity contribution in [3.05, 3.63) is 0 Å². The van der Waals surface area contributed by atoms with Crippen molar-refractivity contribution in [2.24, 2.45) is 0 Å². The number of hydrogen-bond acceptors (Lipinski definition) is 6. The summed E-state index contributed by atoms with van der Waals surface area (Å²) in [6.45, 7) is 1.69. The largest absolute Gasteiger partial charge is 0.395 e. The average molecular weight is 354 g/mol. The summed E-state index contributed by atoms with van der Waals surface area (Å²) in [6, 6.07) is 0. The third-order valence-corrected chi connectivity index (χ3v) is 4.67. The summed E-state index contributed by atoms with van der Waals surface area (Å²) >= 11 is 0. The molecule has 0 amide bonds. The third kappa shape index (κ3) is 17.5. The fourth-order valence-corrected chi connectivity index (χ4v) is 2.94. The highest BCUT2D eigenvalue weighted by atomic mass is 32.2. The van der Waals surface area contributed by atoms with Crippen molar-refractivity contribution in [2.75, 3.05) is 12.4 Å². The van der Waals surface area contributed by atoms with Crippen LogP contribution in [0.2, 0.25) is 0 Å². The molecule has 140 valence electrons. The van der Waals surface area contributed by atoms with Crippen LogP contribution in [0.15, 0.2) is 0 Å². The number of carbonyl (C=O) groups excluding carboxylic acids is 1. The van der Waals surface area contributed by atoms with E-state index in [4.69, 9.17) is 5.11 Å². The highest BCUT2D eigenvalue weighted by Gasteiger charge is 2.15. The van der Waals surface area contributed by atoms with Crippen LogP contribution in [0.25, 0.3) is 0 Å². The lowest BCUT2D eigenvalue weighted by atomic mass is 10.1. The first-order valence-electron chi connectivity index (χ1n) is 8.57. The van der Waals surface area contributed by atoms with E-state index in [9.17, 15) is 13.2 Å². The minimum Gasteiger partial charge on any atom is -0.395 e. The van der Waals surface area contributed by atoms with Gasteiger partial charge < -0.3 is 15.4 Å². The molecule has 0 heterocycles. The maximum atomic E-state index is 11.3. The number of aliphatic hydroxyl groups excluding tert-OH is 1. The van der Waals surface area contributed by atoms with Crippen molar-refractivity contribution < 1.29 is 22.5 Å². The van der Waals surface area contributed by atoms with E-state index < -0.39 is 28.4 Å². The molecule has 0 aromatic rings. The number of carbonyl (C=O) groups is 1. The first-order valence-corrected chi connectivity index (χ1v) is 10.2. The van der Waals surface area contributed by atoms with Crippen LogP contribution in [-0.4, -0.2) is 31.9 Å². The molecule has 0 unspecified atom stereocenters. The highest BCUT2D eigenvalue weighted by molar-refractivity contribution is 7.87. The maximum Gasteiger partial charge on any atom is 0.322 e. The van der Waals surface area contributed by atoms with Crippen LogP contribution in [-0.2, 0) is 19.1 Å². The Bertz CT molecular complexity index is 371. The second-order valence-corrected chi connectivity index (χ2v) is 7.42. The molecule has 0 fully saturated rings. The van der Waals surface area contributed by atoms with Crippen LogP contribution in [0.1, 0.15) is 84.0 Å². The van der Waals surface area contributed by atoms with Crippen molar-refractivity contribution in [3.8, 4) is 0 Å². The first kappa shape index (κ1) is 24.6. The normalized spacial score (nSPS) is 11.0. The number of hydrogen-bond donors (Lipinski definition) is 2. The zero-order valence-corrected chi connectivity index (χ0v) is 15.4. The molecule has 0 aliphatic rings. The van der Waals surface area contributed by atoms with Gasteiger partial charge in [-0.2, -0.15) is 8.42 Å². The molecule has 4 N–H and O–H groups in total. The zero-order chi connectivity index (χ0) is 16.7. The smallest absolute Gasteiger partial charge is 0.322 e. The quantitative estimate of drug-likeness (QED) is 0.342. The van der Waals surface area contributed by atoms with E-state index in [0.29, 0.717) is 6.42 Å². The molecule has 0 aromatic carbocycles. The number of rotatable bonds is 15. The maximum absolute atomic E-state index is 11.3. The topological polar surface area (TPSA) is 116 Å². The molecule has 23 heavy (non-hydrogen) atoms. The molecule has 0 aromatic heterocycles. The Morgan fingerprint density at radius 1 is 0.870 bits per heavy atom. The van der Waals surface area contributed by atoms with Gasteiger partial charge in [0.25, 0.3) is 0 Å². The van der Waals surface area contributed by atoms with E-state index in [2.05, 4.69) is 11.1 Å². The van der Waals surface area contributed by atoms with Gasteiger partial charge in [-0.1, -0.05) is 71.1 Å². The van der Waals surface area contributed by atoms with Gasteiger partial charge in [0, 0.05) is 6.42 Å². The predicted octanol–water partition coefficient (Wildman–Crippen LogP) is 3.71. The molecule has 0 saturated heterocycles.